The molecule has 2 aromatic rings. The van der Waals surface area contributed by atoms with Crippen LogP contribution in [-0.4, -0.2) is 15.0 Å². The fraction of sp³-hybridized carbons (Fsp3) is 0.421. The first-order valence-electron chi connectivity index (χ1n) is 7.90. The van der Waals surface area contributed by atoms with Crippen LogP contribution in [0.5, 0.6) is 5.75 Å². The van der Waals surface area contributed by atoms with E-state index in [9.17, 15) is 15.2 Å². The van der Waals surface area contributed by atoms with Crippen LogP contribution in [0.3, 0.4) is 0 Å². The molecule has 2 rings (SSSR count). The van der Waals surface area contributed by atoms with Crippen molar-refractivity contribution in [2.24, 2.45) is 0 Å². The number of rotatable bonds is 2. The Bertz CT molecular complexity index is 784. The van der Waals surface area contributed by atoms with Gasteiger partial charge in [-0.3, -0.25) is 15.1 Å². The molecule has 0 radical (unpaired) electrons. The van der Waals surface area contributed by atoms with E-state index in [0.717, 1.165) is 11.1 Å². The molecule has 0 amide bonds. The summed E-state index contributed by atoms with van der Waals surface area (Å²) in [6.45, 7) is 12.4. The maximum absolute atomic E-state index is 11.0. The van der Waals surface area contributed by atoms with Crippen molar-refractivity contribution in [2.45, 2.75) is 52.4 Å². The van der Waals surface area contributed by atoms with Gasteiger partial charge < -0.3 is 5.11 Å². The molecule has 5 nitrogen and oxygen atoms in total. The second-order valence-electron chi connectivity index (χ2n) is 8.08. The predicted octanol–water partition coefficient (Wildman–Crippen LogP) is 4.96. The Hall–Kier alpha value is -2.43. The highest BCUT2D eigenvalue weighted by atomic mass is 16.6. The molecule has 0 bridgehead atoms. The van der Waals surface area contributed by atoms with Crippen molar-refractivity contribution in [1.29, 1.82) is 0 Å². The van der Waals surface area contributed by atoms with Gasteiger partial charge >= 0.3 is 0 Å². The van der Waals surface area contributed by atoms with E-state index >= 15 is 0 Å². The van der Waals surface area contributed by atoms with Gasteiger partial charge in [-0.2, -0.15) is 0 Å². The van der Waals surface area contributed by atoms with E-state index in [4.69, 9.17) is 0 Å². The molecule has 1 heterocycles. The molecule has 0 spiro atoms. The van der Waals surface area contributed by atoms with Gasteiger partial charge in [-0.05, 0) is 22.5 Å². The van der Waals surface area contributed by atoms with Gasteiger partial charge in [-0.15, -0.1) is 0 Å². The van der Waals surface area contributed by atoms with Crippen LogP contribution >= 0.6 is 0 Å². The molecule has 0 atom stereocenters. The van der Waals surface area contributed by atoms with E-state index in [1.165, 1.54) is 18.3 Å². The summed E-state index contributed by atoms with van der Waals surface area (Å²) in [7, 11) is 0. The number of nitrogens with zero attached hydrogens (tertiary/aromatic N) is 2. The molecule has 0 unspecified atom stereocenters. The minimum Gasteiger partial charge on any atom is -0.507 e. The number of phenolic OH excluding ortho intramolecular Hbond substituents is 1. The zero-order valence-electron chi connectivity index (χ0n) is 15.0. The van der Waals surface area contributed by atoms with E-state index < -0.39 is 4.92 Å². The van der Waals surface area contributed by atoms with Crippen LogP contribution in [0.25, 0.3) is 11.3 Å². The number of phenols is 1. The molecule has 128 valence electrons. The smallest absolute Gasteiger partial charge is 0.273 e. The summed E-state index contributed by atoms with van der Waals surface area (Å²) in [5.74, 6) is 0.128. The van der Waals surface area contributed by atoms with Crippen molar-refractivity contribution in [1.82, 2.24) is 4.98 Å². The molecule has 0 fully saturated rings. The lowest BCUT2D eigenvalue weighted by Crippen LogP contribution is -2.17. The van der Waals surface area contributed by atoms with Crippen LogP contribution in [0.4, 0.5) is 5.69 Å². The zero-order chi connectivity index (χ0) is 18.3. The second-order valence-corrected chi connectivity index (χ2v) is 8.08. The quantitative estimate of drug-likeness (QED) is 0.624. The van der Waals surface area contributed by atoms with Gasteiger partial charge in [-0.1, -0.05) is 47.6 Å². The summed E-state index contributed by atoms with van der Waals surface area (Å²) in [6.07, 6.45) is 1.40. The third-order valence-electron chi connectivity index (χ3n) is 4.01. The third kappa shape index (κ3) is 3.55. The number of hydrogen-bond donors (Lipinski definition) is 1. The normalized spacial score (nSPS) is 12.2. The summed E-state index contributed by atoms with van der Waals surface area (Å²) >= 11 is 0. The molecule has 5 heteroatoms. The Morgan fingerprint density at radius 3 is 2.17 bits per heavy atom. The van der Waals surface area contributed by atoms with Crippen molar-refractivity contribution in [3.05, 3.63) is 51.7 Å². The monoisotopic (exact) mass is 328 g/mol. The first-order valence-corrected chi connectivity index (χ1v) is 7.90. The Morgan fingerprint density at radius 2 is 1.67 bits per heavy atom. The Balaban J connectivity index is 2.78. The molecular formula is C19H24N2O3. The highest BCUT2D eigenvalue weighted by molar-refractivity contribution is 5.72. The second kappa shape index (κ2) is 5.89. The molecule has 0 saturated heterocycles. The third-order valence-corrected chi connectivity index (χ3v) is 4.01. The van der Waals surface area contributed by atoms with Crippen molar-refractivity contribution < 1.29 is 10.0 Å². The van der Waals surface area contributed by atoms with Gasteiger partial charge in [0.2, 0.25) is 0 Å². The predicted molar refractivity (Wildman–Crippen MR) is 95.4 cm³/mol. The fourth-order valence-electron chi connectivity index (χ4n) is 2.51. The summed E-state index contributed by atoms with van der Waals surface area (Å²) in [5.41, 5.74) is 2.35. The Morgan fingerprint density at radius 1 is 1.04 bits per heavy atom. The fourth-order valence-corrected chi connectivity index (χ4v) is 2.51. The lowest BCUT2D eigenvalue weighted by Gasteiger charge is -2.27. The SMILES string of the molecule is CC(C)(C)c1cc(-c2cc([N+](=O)[O-])ccn2)c(O)c(C(C)(C)C)c1. The minimum atomic E-state index is -0.458. The van der Waals surface area contributed by atoms with Crippen LogP contribution in [0.1, 0.15) is 52.7 Å². The van der Waals surface area contributed by atoms with E-state index in [2.05, 4.69) is 25.8 Å². The van der Waals surface area contributed by atoms with Crippen LogP contribution in [0.2, 0.25) is 0 Å². The molecule has 24 heavy (non-hydrogen) atoms. The van der Waals surface area contributed by atoms with Crippen LogP contribution < -0.4 is 0 Å². The van der Waals surface area contributed by atoms with Crippen LogP contribution in [-0.2, 0) is 10.8 Å². The average molecular weight is 328 g/mol. The summed E-state index contributed by atoms with van der Waals surface area (Å²) in [6, 6.07) is 6.62. The molecule has 1 N–H and O–H groups in total. The lowest BCUT2D eigenvalue weighted by molar-refractivity contribution is -0.384. The van der Waals surface area contributed by atoms with Crippen molar-refractivity contribution >= 4 is 5.69 Å². The topological polar surface area (TPSA) is 76.3 Å². The minimum absolute atomic E-state index is 0.0436. The molecule has 1 aromatic heterocycles. The van der Waals surface area contributed by atoms with Gasteiger partial charge in [0.25, 0.3) is 5.69 Å². The molecule has 0 aliphatic heterocycles. The molecule has 0 aliphatic carbocycles. The van der Waals surface area contributed by atoms with Crippen molar-refractivity contribution in [3.8, 4) is 17.0 Å². The maximum Gasteiger partial charge on any atom is 0.273 e. The first-order chi connectivity index (χ1) is 10.9. The Kier molecular flexibility index (Phi) is 4.40. The molecule has 0 aliphatic rings. The molecule has 0 saturated carbocycles. The van der Waals surface area contributed by atoms with Crippen molar-refractivity contribution in [3.63, 3.8) is 0 Å². The van der Waals surface area contributed by atoms with E-state index in [-0.39, 0.29) is 22.3 Å². The van der Waals surface area contributed by atoms with Gasteiger partial charge in [0.1, 0.15) is 5.75 Å². The van der Waals surface area contributed by atoms with Gasteiger partial charge in [0, 0.05) is 29.5 Å². The lowest BCUT2D eigenvalue weighted by atomic mass is 9.78. The highest BCUT2D eigenvalue weighted by Gasteiger charge is 2.26. The van der Waals surface area contributed by atoms with E-state index in [1.807, 2.05) is 32.9 Å². The van der Waals surface area contributed by atoms with E-state index in [0.29, 0.717) is 11.3 Å². The summed E-state index contributed by atoms with van der Waals surface area (Å²) < 4.78 is 0. The summed E-state index contributed by atoms with van der Waals surface area (Å²) in [4.78, 5) is 14.8. The number of aromatic nitrogens is 1. The maximum atomic E-state index is 11.0. The highest BCUT2D eigenvalue weighted by Crippen LogP contribution is 2.41. The number of pyridine rings is 1. The van der Waals surface area contributed by atoms with Gasteiger partial charge in [0.05, 0.1) is 10.6 Å². The largest absolute Gasteiger partial charge is 0.507 e. The van der Waals surface area contributed by atoms with Crippen molar-refractivity contribution in [2.75, 3.05) is 0 Å². The van der Waals surface area contributed by atoms with Crippen LogP contribution in [0.15, 0.2) is 30.5 Å². The number of aromatic hydroxyl groups is 1. The molecular weight excluding hydrogens is 304 g/mol. The number of hydrogen-bond acceptors (Lipinski definition) is 4. The first kappa shape index (κ1) is 17.9. The Labute approximate surface area is 142 Å². The van der Waals surface area contributed by atoms with Crippen LogP contribution in [0, 0.1) is 10.1 Å². The van der Waals surface area contributed by atoms with Gasteiger partial charge in [-0.25, -0.2) is 0 Å². The number of nitro groups is 1. The number of benzene rings is 1. The zero-order valence-corrected chi connectivity index (χ0v) is 15.0. The molecule has 1 aromatic carbocycles. The standard InChI is InChI=1S/C19H24N2O3/c1-18(2,3)12-9-14(17(22)15(10-12)19(4,5)6)16-11-13(21(23)24)7-8-20-16/h7-11,22H,1-6H3. The van der Waals surface area contributed by atoms with Gasteiger partial charge in [0.15, 0.2) is 0 Å². The average Bonchev–Trinajstić information content (AvgIpc) is 2.45. The summed E-state index contributed by atoms with van der Waals surface area (Å²) in [5, 5.41) is 21.8. The van der Waals surface area contributed by atoms with E-state index in [1.54, 1.807) is 0 Å².